The summed E-state index contributed by atoms with van der Waals surface area (Å²) in [6.07, 6.45) is 1.68. The Morgan fingerprint density at radius 2 is 2.00 bits per heavy atom. The number of rotatable bonds is 7. The van der Waals surface area contributed by atoms with E-state index in [1.165, 1.54) is 0 Å². The molecule has 1 amide bonds. The van der Waals surface area contributed by atoms with Crippen LogP contribution < -0.4 is 10.1 Å². The van der Waals surface area contributed by atoms with Crippen LogP contribution in [0.3, 0.4) is 0 Å². The summed E-state index contributed by atoms with van der Waals surface area (Å²) >= 11 is 0. The van der Waals surface area contributed by atoms with Crippen LogP contribution in [0.2, 0.25) is 0 Å². The molecule has 2 aromatic carbocycles. The fourth-order valence-electron chi connectivity index (χ4n) is 2.84. The van der Waals surface area contributed by atoms with Crippen LogP contribution in [0.1, 0.15) is 27.3 Å². The Morgan fingerprint density at radius 1 is 1.19 bits per heavy atom. The zero-order valence-corrected chi connectivity index (χ0v) is 15.6. The van der Waals surface area contributed by atoms with E-state index in [4.69, 9.17) is 4.74 Å². The van der Waals surface area contributed by atoms with Gasteiger partial charge in [-0.2, -0.15) is 5.10 Å². The lowest BCUT2D eigenvalue weighted by Gasteiger charge is -2.10. The molecule has 1 N–H and O–H groups in total. The lowest BCUT2D eigenvalue weighted by atomic mass is 10.1. The van der Waals surface area contributed by atoms with E-state index in [0.717, 1.165) is 17.0 Å². The van der Waals surface area contributed by atoms with Crippen LogP contribution in [0.5, 0.6) is 5.75 Å². The van der Waals surface area contributed by atoms with Crippen LogP contribution in [0.4, 0.5) is 5.69 Å². The lowest BCUT2D eigenvalue weighted by Crippen LogP contribution is -2.13. The van der Waals surface area contributed by atoms with Crippen LogP contribution >= 0.6 is 0 Å². The monoisotopic (exact) mass is 361 g/mol. The van der Waals surface area contributed by atoms with Crippen LogP contribution in [-0.2, 0) is 6.54 Å². The van der Waals surface area contributed by atoms with Crippen LogP contribution in [0, 0.1) is 13.8 Å². The van der Waals surface area contributed by atoms with E-state index in [1.54, 1.807) is 18.2 Å². The number of carbonyl (C=O) groups excluding carboxylic acids is 1. The van der Waals surface area contributed by atoms with Gasteiger partial charge < -0.3 is 10.1 Å². The predicted molar refractivity (Wildman–Crippen MR) is 107 cm³/mol. The molecule has 0 radical (unpaired) electrons. The maximum atomic E-state index is 12.6. The highest BCUT2D eigenvalue weighted by Gasteiger charge is 2.09. The molecule has 138 valence electrons. The van der Waals surface area contributed by atoms with Crippen molar-refractivity contribution < 1.29 is 9.53 Å². The number of hydrogen-bond acceptors (Lipinski definition) is 3. The summed E-state index contributed by atoms with van der Waals surface area (Å²) in [5, 5.41) is 7.39. The molecule has 0 fully saturated rings. The van der Waals surface area contributed by atoms with Gasteiger partial charge in [0.05, 0.1) is 12.2 Å². The molecular formula is C22H23N3O2. The number of nitrogens with one attached hydrogen (secondary N) is 1. The minimum absolute atomic E-state index is 0.161. The first kappa shape index (κ1) is 18.5. The molecule has 0 bridgehead atoms. The normalized spacial score (nSPS) is 10.4. The van der Waals surface area contributed by atoms with Crippen molar-refractivity contribution in [3.05, 3.63) is 89.8 Å². The Labute approximate surface area is 159 Å². The quantitative estimate of drug-likeness (QED) is 0.636. The summed E-state index contributed by atoms with van der Waals surface area (Å²) in [4.78, 5) is 12.6. The van der Waals surface area contributed by atoms with Gasteiger partial charge in [-0.1, -0.05) is 30.9 Å². The number of anilines is 1. The third-order valence-electron chi connectivity index (χ3n) is 4.08. The van der Waals surface area contributed by atoms with Crippen molar-refractivity contribution in [1.29, 1.82) is 0 Å². The van der Waals surface area contributed by atoms with Gasteiger partial charge in [0.25, 0.3) is 5.91 Å². The van der Waals surface area contributed by atoms with Gasteiger partial charge in [-0.25, -0.2) is 0 Å². The molecule has 0 aliphatic carbocycles. The number of nitrogens with zero attached hydrogens (tertiary/aromatic N) is 2. The fraction of sp³-hybridized carbons (Fsp3) is 0.182. The smallest absolute Gasteiger partial charge is 0.255 e. The first-order valence-corrected chi connectivity index (χ1v) is 8.80. The van der Waals surface area contributed by atoms with E-state index in [-0.39, 0.29) is 5.91 Å². The summed E-state index contributed by atoms with van der Waals surface area (Å²) in [7, 11) is 0. The molecule has 3 aromatic rings. The minimum atomic E-state index is -0.161. The minimum Gasteiger partial charge on any atom is -0.489 e. The summed E-state index contributed by atoms with van der Waals surface area (Å²) < 4.78 is 7.44. The number of carbonyl (C=O) groups is 1. The summed E-state index contributed by atoms with van der Waals surface area (Å²) in [6.45, 7) is 8.68. The van der Waals surface area contributed by atoms with Gasteiger partial charge in [-0.3, -0.25) is 9.48 Å². The molecule has 0 spiro atoms. The first-order valence-electron chi connectivity index (χ1n) is 8.80. The molecule has 1 heterocycles. The maximum Gasteiger partial charge on any atom is 0.255 e. The molecule has 5 heteroatoms. The second kappa shape index (κ2) is 8.36. The molecular weight excluding hydrogens is 338 g/mol. The molecule has 5 nitrogen and oxygen atoms in total. The van der Waals surface area contributed by atoms with E-state index < -0.39 is 0 Å². The van der Waals surface area contributed by atoms with Crippen molar-refractivity contribution in [2.24, 2.45) is 0 Å². The van der Waals surface area contributed by atoms with Crippen molar-refractivity contribution >= 4 is 11.6 Å². The lowest BCUT2D eigenvalue weighted by molar-refractivity contribution is 0.102. The fourth-order valence-corrected chi connectivity index (χ4v) is 2.84. The Hall–Kier alpha value is -3.34. The number of benzene rings is 2. The standard InChI is InChI=1S/C22H23N3O2/c1-4-11-27-21-10-6-9-20(14-21)23-22(26)19-8-5-7-18(13-19)15-25-17(3)12-16(2)24-25/h4-10,12-14H,1,11,15H2,2-3H3,(H,23,26). The van der Waals surface area contributed by atoms with Gasteiger partial charge in [-0.05, 0) is 49.7 Å². The zero-order chi connectivity index (χ0) is 19.2. The molecule has 0 saturated heterocycles. The molecule has 3 rings (SSSR count). The van der Waals surface area contributed by atoms with Crippen LogP contribution in [-0.4, -0.2) is 22.3 Å². The van der Waals surface area contributed by atoms with Gasteiger partial charge in [0.1, 0.15) is 12.4 Å². The average molecular weight is 361 g/mol. The number of hydrogen-bond donors (Lipinski definition) is 1. The van der Waals surface area contributed by atoms with E-state index in [1.807, 2.05) is 61.0 Å². The van der Waals surface area contributed by atoms with Gasteiger partial charge in [0, 0.05) is 23.0 Å². The molecule has 1 aromatic heterocycles. The van der Waals surface area contributed by atoms with Gasteiger partial charge in [-0.15, -0.1) is 0 Å². The third-order valence-corrected chi connectivity index (χ3v) is 4.08. The van der Waals surface area contributed by atoms with E-state index in [9.17, 15) is 4.79 Å². The van der Waals surface area contributed by atoms with Gasteiger partial charge in [0.2, 0.25) is 0 Å². The number of amides is 1. The summed E-state index contributed by atoms with van der Waals surface area (Å²) in [5.41, 5.74) is 4.40. The zero-order valence-electron chi connectivity index (χ0n) is 15.6. The maximum absolute atomic E-state index is 12.6. The molecule has 0 atom stereocenters. The van der Waals surface area contributed by atoms with E-state index in [0.29, 0.717) is 30.2 Å². The topological polar surface area (TPSA) is 56.1 Å². The van der Waals surface area contributed by atoms with E-state index in [2.05, 4.69) is 17.0 Å². The number of aryl methyl sites for hydroxylation is 2. The Balaban J connectivity index is 1.72. The third kappa shape index (κ3) is 4.85. The number of aromatic nitrogens is 2. The average Bonchev–Trinajstić information content (AvgIpc) is 2.97. The van der Waals surface area contributed by atoms with Crippen molar-refractivity contribution in [1.82, 2.24) is 9.78 Å². The molecule has 0 saturated carbocycles. The molecule has 0 aliphatic heterocycles. The first-order chi connectivity index (χ1) is 13.0. The second-order valence-corrected chi connectivity index (χ2v) is 6.37. The van der Waals surface area contributed by atoms with Crippen molar-refractivity contribution in [3.63, 3.8) is 0 Å². The SMILES string of the molecule is C=CCOc1cccc(NC(=O)c2cccc(Cn3nc(C)cc3C)c2)c1. The van der Waals surface area contributed by atoms with Crippen molar-refractivity contribution in [3.8, 4) is 5.75 Å². The second-order valence-electron chi connectivity index (χ2n) is 6.37. The van der Waals surface area contributed by atoms with Crippen molar-refractivity contribution in [2.45, 2.75) is 20.4 Å². The highest BCUT2D eigenvalue weighted by molar-refractivity contribution is 6.04. The van der Waals surface area contributed by atoms with Gasteiger partial charge in [0.15, 0.2) is 0 Å². The Bertz CT molecular complexity index is 960. The Morgan fingerprint density at radius 3 is 2.74 bits per heavy atom. The van der Waals surface area contributed by atoms with E-state index >= 15 is 0 Å². The Kier molecular flexibility index (Phi) is 5.71. The van der Waals surface area contributed by atoms with Crippen LogP contribution in [0.15, 0.2) is 67.3 Å². The highest BCUT2D eigenvalue weighted by atomic mass is 16.5. The molecule has 0 aliphatic rings. The van der Waals surface area contributed by atoms with Crippen molar-refractivity contribution in [2.75, 3.05) is 11.9 Å². The highest BCUT2D eigenvalue weighted by Crippen LogP contribution is 2.18. The largest absolute Gasteiger partial charge is 0.489 e. The number of ether oxygens (including phenoxy) is 1. The molecule has 0 unspecified atom stereocenters. The van der Waals surface area contributed by atoms with Crippen LogP contribution in [0.25, 0.3) is 0 Å². The summed E-state index contributed by atoms with van der Waals surface area (Å²) in [6, 6.07) is 16.9. The summed E-state index contributed by atoms with van der Waals surface area (Å²) in [5.74, 6) is 0.525. The molecule has 27 heavy (non-hydrogen) atoms. The van der Waals surface area contributed by atoms with Gasteiger partial charge >= 0.3 is 0 Å². The predicted octanol–water partition coefficient (Wildman–Crippen LogP) is 4.37.